The predicted molar refractivity (Wildman–Crippen MR) is 111 cm³/mol. The van der Waals surface area contributed by atoms with Gasteiger partial charge in [0.05, 0.1) is 33.1 Å². The molecule has 29 heavy (non-hydrogen) atoms. The highest BCUT2D eigenvalue weighted by Crippen LogP contribution is 2.39. The van der Waals surface area contributed by atoms with E-state index in [0.29, 0.717) is 28.0 Å². The highest BCUT2D eigenvalue weighted by molar-refractivity contribution is 7.94. The van der Waals surface area contributed by atoms with Gasteiger partial charge < -0.3 is 19.1 Å². The Labute approximate surface area is 174 Å². The maximum absolute atomic E-state index is 13.5. The molecule has 9 heteroatoms. The summed E-state index contributed by atoms with van der Waals surface area (Å²) in [6, 6.07) is 9.04. The standard InChI is InChI=1S/C20H20ClNO6S/c1-26-17-9-13(10-18(27-2)19(17)28-3)20(23)22(15-6-4-5-14(21)11-15)16-7-8-29(24,25)12-16/h4-11,16H,12H2,1-3H3. The van der Waals surface area contributed by atoms with Gasteiger partial charge in [-0.1, -0.05) is 17.7 Å². The Morgan fingerprint density at radius 3 is 2.21 bits per heavy atom. The lowest BCUT2D eigenvalue weighted by atomic mass is 10.1. The molecular formula is C20H20ClNO6S. The molecule has 1 heterocycles. The van der Waals surface area contributed by atoms with Crippen LogP contribution in [-0.2, 0) is 9.84 Å². The Hall–Kier alpha value is -2.71. The summed E-state index contributed by atoms with van der Waals surface area (Å²) >= 11 is 6.11. The number of ether oxygens (including phenoxy) is 3. The Balaban J connectivity index is 2.11. The number of carbonyl (C=O) groups is 1. The molecule has 1 amide bonds. The van der Waals surface area contributed by atoms with Crippen LogP contribution in [0.3, 0.4) is 0 Å². The van der Waals surface area contributed by atoms with E-state index < -0.39 is 21.8 Å². The quantitative estimate of drug-likeness (QED) is 0.689. The molecule has 0 bridgehead atoms. The number of sulfone groups is 1. The van der Waals surface area contributed by atoms with Crippen molar-refractivity contribution in [1.82, 2.24) is 0 Å². The van der Waals surface area contributed by atoms with Crippen LogP contribution >= 0.6 is 11.6 Å². The summed E-state index contributed by atoms with van der Waals surface area (Å²) in [5.74, 6) is 0.337. The van der Waals surface area contributed by atoms with Crippen molar-refractivity contribution in [3.63, 3.8) is 0 Å². The Kier molecular flexibility index (Phi) is 6.04. The Morgan fingerprint density at radius 2 is 1.72 bits per heavy atom. The minimum Gasteiger partial charge on any atom is -0.493 e. The molecule has 2 aromatic carbocycles. The van der Waals surface area contributed by atoms with Crippen molar-refractivity contribution in [3.05, 3.63) is 58.5 Å². The number of carbonyl (C=O) groups excluding carboxylic acids is 1. The average Bonchev–Trinajstić information content (AvgIpc) is 3.06. The van der Waals surface area contributed by atoms with Crippen LogP contribution in [0.5, 0.6) is 17.2 Å². The average molecular weight is 438 g/mol. The highest BCUT2D eigenvalue weighted by Gasteiger charge is 2.33. The normalized spacial score (nSPS) is 17.0. The van der Waals surface area contributed by atoms with Crippen LogP contribution in [0.15, 0.2) is 47.9 Å². The molecular weight excluding hydrogens is 418 g/mol. The first-order valence-corrected chi connectivity index (χ1v) is 10.7. The number of anilines is 1. The van der Waals surface area contributed by atoms with Crippen molar-refractivity contribution in [2.24, 2.45) is 0 Å². The number of hydrogen-bond acceptors (Lipinski definition) is 6. The van der Waals surface area contributed by atoms with Crippen LogP contribution < -0.4 is 19.1 Å². The summed E-state index contributed by atoms with van der Waals surface area (Å²) in [4.78, 5) is 14.9. The first-order chi connectivity index (χ1) is 13.8. The Morgan fingerprint density at radius 1 is 1.07 bits per heavy atom. The minimum atomic E-state index is -3.39. The van der Waals surface area contributed by atoms with Gasteiger partial charge >= 0.3 is 0 Å². The summed E-state index contributed by atoms with van der Waals surface area (Å²) in [7, 11) is 0.981. The van der Waals surface area contributed by atoms with E-state index in [1.807, 2.05) is 0 Å². The van der Waals surface area contributed by atoms with Crippen LogP contribution in [0.4, 0.5) is 5.69 Å². The largest absolute Gasteiger partial charge is 0.493 e. The van der Waals surface area contributed by atoms with Crippen LogP contribution in [0.2, 0.25) is 5.02 Å². The summed E-state index contributed by atoms with van der Waals surface area (Å²) < 4.78 is 39.9. The molecule has 0 radical (unpaired) electrons. The fourth-order valence-electron chi connectivity index (χ4n) is 3.15. The highest BCUT2D eigenvalue weighted by atomic mass is 35.5. The molecule has 0 aromatic heterocycles. The monoisotopic (exact) mass is 437 g/mol. The van der Waals surface area contributed by atoms with E-state index >= 15 is 0 Å². The van der Waals surface area contributed by atoms with E-state index in [0.717, 1.165) is 5.41 Å². The molecule has 0 N–H and O–H groups in total. The Bertz CT molecular complexity index is 1040. The van der Waals surface area contributed by atoms with Crippen LogP contribution in [-0.4, -0.2) is 47.4 Å². The molecule has 2 aromatic rings. The van der Waals surface area contributed by atoms with E-state index in [1.165, 1.54) is 44.4 Å². The zero-order valence-electron chi connectivity index (χ0n) is 16.1. The van der Waals surface area contributed by atoms with E-state index in [2.05, 4.69) is 0 Å². The number of methoxy groups -OCH3 is 3. The first kappa shape index (κ1) is 21.0. The zero-order valence-corrected chi connectivity index (χ0v) is 17.7. The summed E-state index contributed by atoms with van der Waals surface area (Å²) in [6.45, 7) is 0. The molecule has 0 aliphatic carbocycles. The van der Waals surface area contributed by atoms with Crippen LogP contribution in [0, 0.1) is 0 Å². The van der Waals surface area contributed by atoms with Gasteiger partial charge in [0.25, 0.3) is 5.91 Å². The SMILES string of the molecule is COc1cc(C(=O)N(c2cccc(Cl)c2)C2C=CS(=O)(=O)C2)cc(OC)c1OC. The summed E-state index contributed by atoms with van der Waals surface area (Å²) in [5, 5.41) is 1.55. The van der Waals surface area contributed by atoms with E-state index in [9.17, 15) is 13.2 Å². The van der Waals surface area contributed by atoms with Crippen molar-refractivity contribution >= 4 is 33.0 Å². The first-order valence-electron chi connectivity index (χ1n) is 8.59. The van der Waals surface area contributed by atoms with Gasteiger partial charge in [-0.25, -0.2) is 8.42 Å². The van der Waals surface area contributed by atoms with Gasteiger partial charge in [-0.15, -0.1) is 0 Å². The minimum absolute atomic E-state index is 0.213. The number of amides is 1. The second kappa shape index (κ2) is 8.34. The number of hydrogen-bond donors (Lipinski definition) is 0. The molecule has 7 nitrogen and oxygen atoms in total. The van der Waals surface area contributed by atoms with Gasteiger partial charge in [-0.2, -0.15) is 0 Å². The van der Waals surface area contributed by atoms with Gasteiger partial charge in [0.2, 0.25) is 5.75 Å². The molecule has 0 saturated carbocycles. The lowest BCUT2D eigenvalue weighted by molar-refractivity contribution is 0.0982. The van der Waals surface area contributed by atoms with Crippen LogP contribution in [0.1, 0.15) is 10.4 Å². The third-order valence-corrected chi connectivity index (χ3v) is 6.07. The number of nitrogens with zero attached hydrogens (tertiary/aromatic N) is 1. The van der Waals surface area contributed by atoms with Crippen molar-refractivity contribution in [1.29, 1.82) is 0 Å². The van der Waals surface area contributed by atoms with E-state index in [-0.39, 0.29) is 11.3 Å². The van der Waals surface area contributed by atoms with Gasteiger partial charge in [0.15, 0.2) is 21.3 Å². The van der Waals surface area contributed by atoms with Crippen molar-refractivity contribution in [2.45, 2.75) is 6.04 Å². The van der Waals surface area contributed by atoms with E-state index in [1.54, 1.807) is 24.3 Å². The van der Waals surface area contributed by atoms with Gasteiger partial charge in [0.1, 0.15) is 0 Å². The summed E-state index contributed by atoms with van der Waals surface area (Å²) in [6.07, 6.45) is 1.49. The molecule has 0 fully saturated rings. The second-order valence-corrected chi connectivity index (χ2v) is 8.66. The molecule has 1 atom stereocenters. The molecule has 1 aliphatic rings. The van der Waals surface area contributed by atoms with E-state index in [4.69, 9.17) is 25.8 Å². The molecule has 3 rings (SSSR count). The lowest BCUT2D eigenvalue weighted by Crippen LogP contribution is -2.41. The number of benzene rings is 2. The number of halogens is 1. The van der Waals surface area contributed by atoms with Crippen molar-refractivity contribution in [3.8, 4) is 17.2 Å². The molecule has 154 valence electrons. The van der Waals surface area contributed by atoms with Gasteiger partial charge in [0, 0.05) is 21.7 Å². The fraction of sp³-hybridized carbons (Fsp3) is 0.250. The lowest BCUT2D eigenvalue weighted by Gasteiger charge is -2.28. The van der Waals surface area contributed by atoms with Crippen molar-refractivity contribution < 1.29 is 27.4 Å². The van der Waals surface area contributed by atoms with Gasteiger partial charge in [-0.3, -0.25) is 4.79 Å². The topological polar surface area (TPSA) is 82.1 Å². The molecule has 0 saturated heterocycles. The maximum Gasteiger partial charge on any atom is 0.259 e. The smallest absolute Gasteiger partial charge is 0.259 e. The van der Waals surface area contributed by atoms with Crippen LogP contribution in [0.25, 0.3) is 0 Å². The molecule has 1 unspecified atom stereocenters. The summed E-state index contributed by atoms with van der Waals surface area (Å²) in [5.41, 5.74) is 0.722. The predicted octanol–water partition coefficient (Wildman–Crippen LogP) is 3.32. The fourth-order valence-corrected chi connectivity index (χ4v) is 4.60. The third kappa shape index (κ3) is 4.33. The van der Waals surface area contributed by atoms with Crippen molar-refractivity contribution in [2.75, 3.05) is 32.0 Å². The number of rotatable bonds is 6. The molecule has 0 spiro atoms. The zero-order chi connectivity index (χ0) is 21.2. The molecule has 1 aliphatic heterocycles. The maximum atomic E-state index is 13.5. The van der Waals surface area contributed by atoms with Gasteiger partial charge in [-0.05, 0) is 36.4 Å². The second-order valence-electron chi connectivity index (χ2n) is 6.29. The third-order valence-electron chi connectivity index (χ3n) is 4.46.